The minimum absolute atomic E-state index is 0.526. The van der Waals surface area contributed by atoms with E-state index in [2.05, 4.69) is 56.4 Å². The van der Waals surface area contributed by atoms with Crippen LogP contribution >= 0.6 is 0 Å². The van der Waals surface area contributed by atoms with Crippen molar-refractivity contribution in [2.24, 2.45) is 0 Å². The van der Waals surface area contributed by atoms with E-state index >= 15 is 0 Å². The number of hydrogen-bond acceptors (Lipinski definition) is 1. The molecule has 1 aromatic carbocycles. The van der Waals surface area contributed by atoms with Crippen molar-refractivity contribution < 1.29 is 0 Å². The van der Waals surface area contributed by atoms with Crippen LogP contribution < -0.4 is 5.32 Å². The maximum Gasteiger partial charge on any atom is 0.0322 e. The Kier molecular flexibility index (Phi) is 6.95. The highest BCUT2D eigenvalue weighted by Crippen LogP contribution is 2.20. The van der Waals surface area contributed by atoms with Crippen LogP contribution in [0.1, 0.15) is 64.5 Å². The van der Waals surface area contributed by atoms with Gasteiger partial charge in [0, 0.05) is 12.1 Å². The van der Waals surface area contributed by atoms with Gasteiger partial charge in [0.25, 0.3) is 0 Å². The zero-order valence-electron chi connectivity index (χ0n) is 11.6. The van der Waals surface area contributed by atoms with E-state index in [4.69, 9.17) is 0 Å². The predicted molar refractivity (Wildman–Crippen MR) is 76.2 cm³/mol. The Balaban J connectivity index is 2.58. The highest BCUT2D eigenvalue weighted by molar-refractivity contribution is 5.18. The molecule has 0 bridgehead atoms. The molecule has 0 saturated heterocycles. The minimum atomic E-state index is 0.526. The molecule has 0 spiro atoms. The van der Waals surface area contributed by atoms with Gasteiger partial charge in [0.05, 0.1) is 0 Å². The van der Waals surface area contributed by atoms with Crippen molar-refractivity contribution in [3.8, 4) is 0 Å². The van der Waals surface area contributed by atoms with E-state index in [1.54, 1.807) is 0 Å². The molecule has 0 heterocycles. The molecule has 0 aliphatic carbocycles. The lowest BCUT2D eigenvalue weighted by atomic mass is 9.99. The Morgan fingerprint density at radius 2 is 1.76 bits per heavy atom. The summed E-state index contributed by atoms with van der Waals surface area (Å²) in [5.41, 5.74) is 1.43. The molecule has 2 atom stereocenters. The molecule has 0 amide bonds. The van der Waals surface area contributed by atoms with Gasteiger partial charge in [-0.05, 0) is 25.3 Å². The fraction of sp³-hybridized carbons (Fsp3) is 0.625. The van der Waals surface area contributed by atoms with Gasteiger partial charge in [0.2, 0.25) is 0 Å². The molecule has 0 radical (unpaired) electrons. The van der Waals surface area contributed by atoms with Crippen molar-refractivity contribution in [1.29, 1.82) is 0 Å². The van der Waals surface area contributed by atoms with Crippen molar-refractivity contribution >= 4 is 0 Å². The van der Waals surface area contributed by atoms with E-state index in [9.17, 15) is 0 Å². The average molecular weight is 233 g/mol. The van der Waals surface area contributed by atoms with Crippen LogP contribution in [0.4, 0.5) is 0 Å². The zero-order valence-corrected chi connectivity index (χ0v) is 11.6. The van der Waals surface area contributed by atoms with Crippen LogP contribution in [-0.2, 0) is 0 Å². The lowest BCUT2D eigenvalue weighted by molar-refractivity contribution is 0.413. The van der Waals surface area contributed by atoms with E-state index in [0.29, 0.717) is 12.1 Å². The van der Waals surface area contributed by atoms with Crippen LogP contribution in [0, 0.1) is 0 Å². The summed E-state index contributed by atoms with van der Waals surface area (Å²) in [6.07, 6.45) is 6.40. The molecule has 0 aliphatic heterocycles. The monoisotopic (exact) mass is 233 g/mol. The Bertz CT molecular complexity index is 281. The summed E-state index contributed by atoms with van der Waals surface area (Å²) in [5, 5.41) is 3.74. The average Bonchev–Trinajstić information content (AvgIpc) is 2.38. The molecule has 1 nitrogen and oxygen atoms in total. The van der Waals surface area contributed by atoms with Crippen LogP contribution in [0.25, 0.3) is 0 Å². The van der Waals surface area contributed by atoms with Gasteiger partial charge < -0.3 is 5.32 Å². The first-order valence-electron chi connectivity index (χ1n) is 7.08. The first kappa shape index (κ1) is 14.2. The summed E-state index contributed by atoms with van der Waals surface area (Å²) >= 11 is 0. The van der Waals surface area contributed by atoms with Gasteiger partial charge in [-0.15, -0.1) is 0 Å². The predicted octanol–water partition coefficient (Wildman–Crippen LogP) is 4.70. The Morgan fingerprint density at radius 3 is 2.35 bits per heavy atom. The number of unbranched alkanes of at least 4 members (excludes halogenated alkanes) is 2. The molecule has 0 aromatic heterocycles. The second-order valence-electron chi connectivity index (χ2n) is 4.94. The molecule has 1 heteroatoms. The Labute approximate surface area is 107 Å². The lowest BCUT2D eigenvalue weighted by Gasteiger charge is -2.23. The molecular formula is C16H27N. The van der Waals surface area contributed by atoms with Gasteiger partial charge in [-0.3, -0.25) is 0 Å². The maximum atomic E-state index is 3.74. The quantitative estimate of drug-likeness (QED) is 0.642. The molecule has 1 rings (SSSR count). The fourth-order valence-corrected chi connectivity index (χ4v) is 2.09. The molecule has 0 saturated carbocycles. The molecular weight excluding hydrogens is 206 g/mol. The highest BCUT2D eigenvalue weighted by Gasteiger charge is 2.12. The molecule has 1 N–H and O–H groups in total. The fourth-order valence-electron chi connectivity index (χ4n) is 2.09. The normalized spacial score (nSPS) is 14.5. The van der Waals surface area contributed by atoms with E-state index in [-0.39, 0.29) is 0 Å². The van der Waals surface area contributed by atoms with E-state index in [1.165, 1.54) is 37.7 Å². The van der Waals surface area contributed by atoms with Crippen LogP contribution in [0.5, 0.6) is 0 Å². The summed E-state index contributed by atoms with van der Waals surface area (Å²) in [6, 6.07) is 12.0. The van der Waals surface area contributed by atoms with Gasteiger partial charge in [-0.1, -0.05) is 63.4 Å². The van der Waals surface area contributed by atoms with E-state index in [1.807, 2.05) is 0 Å². The largest absolute Gasteiger partial charge is 0.307 e. The van der Waals surface area contributed by atoms with Gasteiger partial charge in [0.15, 0.2) is 0 Å². The summed E-state index contributed by atoms with van der Waals surface area (Å²) in [7, 11) is 0. The standard InChI is InChI=1S/C16H27N/c1-4-6-8-13-16(17-14(3)5-2)15-11-9-7-10-12-15/h7,9-12,14,16-17H,4-6,8,13H2,1-3H3. The SMILES string of the molecule is CCCCCC(NC(C)CC)c1ccccc1. The summed E-state index contributed by atoms with van der Waals surface area (Å²) < 4.78 is 0. The third-order valence-electron chi connectivity index (χ3n) is 3.40. The lowest BCUT2D eigenvalue weighted by Crippen LogP contribution is -2.30. The first-order valence-corrected chi connectivity index (χ1v) is 7.08. The van der Waals surface area contributed by atoms with Gasteiger partial charge in [-0.2, -0.15) is 0 Å². The minimum Gasteiger partial charge on any atom is -0.307 e. The second-order valence-corrected chi connectivity index (χ2v) is 4.94. The molecule has 0 fully saturated rings. The molecule has 0 aliphatic rings. The van der Waals surface area contributed by atoms with Crippen molar-refractivity contribution in [3.63, 3.8) is 0 Å². The summed E-state index contributed by atoms with van der Waals surface area (Å²) in [5.74, 6) is 0. The maximum absolute atomic E-state index is 3.74. The smallest absolute Gasteiger partial charge is 0.0322 e. The number of rotatable bonds is 8. The summed E-state index contributed by atoms with van der Waals surface area (Å²) in [4.78, 5) is 0. The van der Waals surface area contributed by atoms with Gasteiger partial charge in [-0.25, -0.2) is 0 Å². The second kappa shape index (κ2) is 8.30. The Hall–Kier alpha value is -0.820. The highest BCUT2D eigenvalue weighted by atomic mass is 14.9. The van der Waals surface area contributed by atoms with Gasteiger partial charge in [0.1, 0.15) is 0 Å². The number of hydrogen-bond donors (Lipinski definition) is 1. The number of benzene rings is 1. The summed E-state index contributed by atoms with van der Waals surface area (Å²) in [6.45, 7) is 6.78. The van der Waals surface area contributed by atoms with Crippen molar-refractivity contribution in [1.82, 2.24) is 5.32 Å². The van der Waals surface area contributed by atoms with Crippen molar-refractivity contribution in [2.75, 3.05) is 0 Å². The third kappa shape index (κ3) is 5.36. The van der Waals surface area contributed by atoms with Crippen LogP contribution in [0.2, 0.25) is 0 Å². The van der Waals surface area contributed by atoms with Crippen molar-refractivity contribution in [3.05, 3.63) is 35.9 Å². The van der Waals surface area contributed by atoms with Crippen LogP contribution in [-0.4, -0.2) is 6.04 Å². The molecule has 17 heavy (non-hydrogen) atoms. The molecule has 2 unspecified atom stereocenters. The molecule has 1 aromatic rings. The van der Waals surface area contributed by atoms with Gasteiger partial charge >= 0.3 is 0 Å². The topological polar surface area (TPSA) is 12.0 Å². The van der Waals surface area contributed by atoms with Crippen LogP contribution in [0.3, 0.4) is 0 Å². The third-order valence-corrected chi connectivity index (χ3v) is 3.40. The first-order chi connectivity index (χ1) is 8.27. The Morgan fingerprint density at radius 1 is 1.06 bits per heavy atom. The number of nitrogens with one attached hydrogen (secondary N) is 1. The van der Waals surface area contributed by atoms with Crippen LogP contribution in [0.15, 0.2) is 30.3 Å². The van der Waals surface area contributed by atoms with Crippen molar-refractivity contribution in [2.45, 2.75) is 65.0 Å². The van der Waals surface area contributed by atoms with E-state index in [0.717, 1.165) is 0 Å². The zero-order chi connectivity index (χ0) is 12.5. The van der Waals surface area contributed by atoms with E-state index < -0.39 is 0 Å². The molecule has 96 valence electrons.